The summed E-state index contributed by atoms with van der Waals surface area (Å²) >= 11 is 0. The van der Waals surface area contributed by atoms with E-state index in [9.17, 15) is 14.7 Å². The Kier molecular flexibility index (Phi) is 6.09. The molecule has 36 heavy (non-hydrogen) atoms. The normalized spacial score (nSPS) is 13.4. The summed E-state index contributed by atoms with van der Waals surface area (Å²) in [7, 11) is 3.09. The number of imide groups is 1. The predicted octanol–water partition coefficient (Wildman–Crippen LogP) is 3.90. The highest BCUT2D eigenvalue weighted by molar-refractivity contribution is 6.26. The molecule has 0 atom stereocenters. The molecule has 1 aromatic heterocycles. The molecule has 3 amide bonds. The maximum Gasteiger partial charge on any atom is 0.336 e. The number of fused-ring (bicyclic) bond motifs is 1. The predicted molar refractivity (Wildman–Crippen MR) is 132 cm³/mol. The molecule has 1 fully saturated rings. The van der Waals surface area contributed by atoms with Gasteiger partial charge in [0.1, 0.15) is 18.6 Å². The average molecular weight is 486 g/mol. The molecule has 0 saturated carbocycles. The number of urea groups is 1. The molecular weight excluding hydrogens is 464 g/mol. The molecule has 1 aliphatic rings. The summed E-state index contributed by atoms with van der Waals surface area (Å²) in [6.45, 7) is -0.249. The monoisotopic (exact) mass is 486 g/mol. The van der Waals surface area contributed by atoms with Crippen LogP contribution in [0.3, 0.4) is 0 Å². The van der Waals surface area contributed by atoms with Gasteiger partial charge in [0.05, 0.1) is 37.4 Å². The zero-order chi connectivity index (χ0) is 25.2. The van der Waals surface area contributed by atoms with Crippen LogP contribution in [0.4, 0.5) is 16.2 Å². The van der Waals surface area contributed by atoms with Gasteiger partial charge in [-0.3, -0.25) is 9.69 Å². The van der Waals surface area contributed by atoms with Gasteiger partial charge in [0.15, 0.2) is 11.5 Å². The second-order valence-corrected chi connectivity index (χ2v) is 7.93. The van der Waals surface area contributed by atoms with Gasteiger partial charge in [-0.25, -0.2) is 19.7 Å². The second-order valence-electron chi connectivity index (χ2n) is 7.93. The van der Waals surface area contributed by atoms with E-state index in [0.29, 0.717) is 51.0 Å². The fourth-order valence-electron chi connectivity index (χ4n) is 4.00. The lowest BCUT2D eigenvalue weighted by Gasteiger charge is -2.18. The second kappa shape index (κ2) is 9.51. The molecule has 5 rings (SSSR count). The molecule has 0 unspecified atom stereocenters. The SMILES string of the molecule is COc1cc2ncnc(Oc3ccc(N4C(=O)CN(c5cccc(CO)c5)C4=O)cc3)c2cc1OC. The highest BCUT2D eigenvalue weighted by Gasteiger charge is 2.38. The van der Waals surface area contributed by atoms with E-state index in [2.05, 4.69) is 9.97 Å². The number of anilines is 2. The van der Waals surface area contributed by atoms with Gasteiger partial charge in [0.25, 0.3) is 5.91 Å². The van der Waals surface area contributed by atoms with Crippen LogP contribution < -0.4 is 24.0 Å². The molecule has 1 N–H and O–H groups in total. The largest absolute Gasteiger partial charge is 0.493 e. The van der Waals surface area contributed by atoms with E-state index < -0.39 is 6.03 Å². The van der Waals surface area contributed by atoms with Crippen molar-refractivity contribution in [2.45, 2.75) is 6.61 Å². The topological polar surface area (TPSA) is 114 Å². The minimum absolute atomic E-state index is 0.0931. The fraction of sp³-hybridized carbons (Fsp3) is 0.154. The van der Waals surface area contributed by atoms with E-state index >= 15 is 0 Å². The smallest absolute Gasteiger partial charge is 0.336 e. The van der Waals surface area contributed by atoms with Crippen molar-refractivity contribution in [3.8, 4) is 23.1 Å². The quantitative estimate of drug-likeness (QED) is 0.391. The summed E-state index contributed by atoms with van der Waals surface area (Å²) in [6.07, 6.45) is 1.39. The minimum Gasteiger partial charge on any atom is -0.493 e. The zero-order valence-electron chi connectivity index (χ0n) is 19.5. The molecule has 2 heterocycles. The number of nitrogens with zero attached hydrogens (tertiary/aromatic N) is 4. The number of amides is 3. The van der Waals surface area contributed by atoms with Crippen molar-refractivity contribution in [3.63, 3.8) is 0 Å². The van der Waals surface area contributed by atoms with E-state index in [1.165, 1.54) is 18.3 Å². The van der Waals surface area contributed by atoms with Crippen LogP contribution in [0.5, 0.6) is 23.1 Å². The number of rotatable bonds is 7. The van der Waals surface area contributed by atoms with Gasteiger partial charge in [-0.05, 0) is 48.0 Å². The molecule has 1 aliphatic heterocycles. The van der Waals surface area contributed by atoms with Crippen LogP contribution in [0.15, 0.2) is 67.0 Å². The van der Waals surface area contributed by atoms with Crippen LogP contribution in [0.2, 0.25) is 0 Å². The summed E-state index contributed by atoms with van der Waals surface area (Å²) in [6, 6.07) is 16.5. The number of ether oxygens (including phenoxy) is 3. The molecular formula is C26H22N4O6. The summed E-state index contributed by atoms with van der Waals surface area (Å²) in [5.41, 5.74) is 2.23. The third-order valence-corrected chi connectivity index (χ3v) is 5.78. The number of carbonyl (C=O) groups is 2. The summed E-state index contributed by atoms with van der Waals surface area (Å²) in [4.78, 5) is 36.8. The van der Waals surface area contributed by atoms with Gasteiger partial charge < -0.3 is 19.3 Å². The number of benzene rings is 3. The van der Waals surface area contributed by atoms with Crippen LogP contribution in [-0.4, -0.2) is 47.8 Å². The molecule has 4 aromatic rings. The average Bonchev–Trinajstić information content (AvgIpc) is 3.22. The standard InChI is InChI=1S/C26H22N4O6/c1-34-22-11-20-21(12-23(22)35-2)27-15-28-25(20)36-19-8-6-17(7-9-19)30-24(32)13-29(26(30)33)18-5-3-4-16(10-18)14-31/h3-12,15,31H,13-14H2,1-2H3. The molecule has 1 saturated heterocycles. The van der Waals surface area contributed by atoms with E-state index in [1.54, 1.807) is 67.8 Å². The van der Waals surface area contributed by atoms with Gasteiger partial charge in [-0.1, -0.05) is 12.1 Å². The number of aromatic nitrogens is 2. The van der Waals surface area contributed by atoms with Crippen molar-refractivity contribution in [1.29, 1.82) is 0 Å². The lowest BCUT2D eigenvalue weighted by Crippen LogP contribution is -2.33. The molecule has 0 aliphatic carbocycles. The lowest BCUT2D eigenvalue weighted by atomic mass is 10.2. The Morgan fingerprint density at radius 1 is 0.917 bits per heavy atom. The van der Waals surface area contributed by atoms with Crippen molar-refractivity contribution >= 4 is 34.2 Å². The minimum atomic E-state index is -0.466. The van der Waals surface area contributed by atoms with Crippen molar-refractivity contribution in [3.05, 3.63) is 72.6 Å². The van der Waals surface area contributed by atoms with Crippen LogP contribution in [0, 0.1) is 0 Å². The van der Waals surface area contributed by atoms with Crippen molar-refractivity contribution in [2.75, 3.05) is 30.6 Å². The highest BCUT2D eigenvalue weighted by Crippen LogP contribution is 2.36. The molecule has 10 heteroatoms. The van der Waals surface area contributed by atoms with E-state index in [0.717, 1.165) is 4.90 Å². The number of hydrogen-bond donors (Lipinski definition) is 1. The first kappa shape index (κ1) is 23.1. The molecule has 182 valence electrons. The number of carbonyl (C=O) groups excluding carboxylic acids is 2. The van der Waals surface area contributed by atoms with Crippen molar-refractivity contribution in [2.24, 2.45) is 0 Å². The van der Waals surface area contributed by atoms with Gasteiger partial charge in [0, 0.05) is 11.8 Å². The summed E-state index contributed by atoms with van der Waals surface area (Å²) < 4.78 is 16.7. The van der Waals surface area contributed by atoms with Gasteiger partial charge >= 0.3 is 6.03 Å². The van der Waals surface area contributed by atoms with Crippen LogP contribution in [-0.2, 0) is 11.4 Å². The van der Waals surface area contributed by atoms with Gasteiger partial charge in [-0.15, -0.1) is 0 Å². The third-order valence-electron chi connectivity index (χ3n) is 5.78. The Morgan fingerprint density at radius 2 is 1.67 bits per heavy atom. The number of methoxy groups -OCH3 is 2. The Hall–Kier alpha value is -4.70. The molecule has 0 bridgehead atoms. The number of aliphatic hydroxyl groups is 1. The first-order valence-corrected chi connectivity index (χ1v) is 11.0. The summed E-state index contributed by atoms with van der Waals surface area (Å²) in [5.74, 6) is 1.47. The zero-order valence-corrected chi connectivity index (χ0v) is 19.5. The summed E-state index contributed by atoms with van der Waals surface area (Å²) in [5, 5.41) is 10.0. The molecule has 10 nitrogen and oxygen atoms in total. The number of aliphatic hydroxyl groups excluding tert-OH is 1. The van der Waals surface area contributed by atoms with E-state index in [1.807, 2.05) is 0 Å². The fourth-order valence-corrected chi connectivity index (χ4v) is 4.00. The molecule has 3 aromatic carbocycles. The highest BCUT2D eigenvalue weighted by atomic mass is 16.5. The molecule has 0 radical (unpaired) electrons. The van der Waals surface area contributed by atoms with E-state index in [4.69, 9.17) is 14.2 Å². The third kappa shape index (κ3) is 4.14. The Bertz CT molecular complexity index is 1460. The maximum atomic E-state index is 13.0. The van der Waals surface area contributed by atoms with Crippen LogP contribution >= 0.6 is 0 Å². The lowest BCUT2D eigenvalue weighted by molar-refractivity contribution is -0.115. The Morgan fingerprint density at radius 3 is 2.39 bits per heavy atom. The van der Waals surface area contributed by atoms with Gasteiger partial charge in [0.2, 0.25) is 5.88 Å². The Balaban J connectivity index is 1.38. The van der Waals surface area contributed by atoms with Gasteiger partial charge in [-0.2, -0.15) is 0 Å². The number of hydrogen-bond acceptors (Lipinski definition) is 8. The Labute approximate surface area is 206 Å². The van der Waals surface area contributed by atoms with Crippen molar-refractivity contribution in [1.82, 2.24) is 9.97 Å². The van der Waals surface area contributed by atoms with Crippen molar-refractivity contribution < 1.29 is 28.9 Å². The maximum absolute atomic E-state index is 13.0. The van der Waals surface area contributed by atoms with E-state index in [-0.39, 0.29) is 19.1 Å². The first-order chi connectivity index (χ1) is 17.5. The van der Waals surface area contributed by atoms with Crippen LogP contribution in [0.1, 0.15) is 5.56 Å². The molecule has 0 spiro atoms. The first-order valence-electron chi connectivity index (χ1n) is 11.0. The van der Waals surface area contributed by atoms with Crippen LogP contribution in [0.25, 0.3) is 10.9 Å².